The summed E-state index contributed by atoms with van der Waals surface area (Å²) in [6, 6.07) is 1.21. The predicted molar refractivity (Wildman–Crippen MR) is 154 cm³/mol. The highest BCUT2D eigenvalue weighted by Gasteiger charge is 2.44. The Morgan fingerprint density at radius 1 is 1.21 bits per heavy atom. The predicted octanol–water partition coefficient (Wildman–Crippen LogP) is 4.78. The Balaban J connectivity index is 1.41. The molecule has 5 rings (SSSR count). The highest BCUT2D eigenvalue weighted by molar-refractivity contribution is 6.74. The van der Waals surface area contributed by atoms with E-state index < -0.39 is 14.3 Å². The number of carbonyl (C=O) groups excluding carboxylic acids is 2. The standard InChI is InChI=1S/C27H36ClN7O3Si/c1-15-22(35-23(32-15)20-19(11-31-35)34(25(29)37)14-27(20,5)6)16-9-18(28)21(30-10-16)24(36)33-12-17(13-33)38-39(7,8)26(2,3)4/h9-11,17H,12-14H2,1-8H3,(H2,29,37). The molecule has 12 heteroatoms. The van der Waals surface area contributed by atoms with E-state index >= 15 is 0 Å². The van der Waals surface area contributed by atoms with Gasteiger partial charge in [0.1, 0.15) is 5.69 Å². The zero-order chi connectivity index (χ0) is 28.7. The number of imidazole rings is 1. The molecule has 1 fully saturated rings. The third-order valence-corrected chi connectivity index (χ3v) is 13.1. The summed E-state index contributed by atoms with van der Waals surface area (Å²) < 4.78 is 8.16. The molecule has 0 aliphatic carbocycles. The number of primary amides is 1. The molecule has 0 saturated carbocycles. The summed E-state index contributed by atoms with van der Waals surface area (Å²) in [5.74, 6) is -0.208. The molecule has 0 unspecified atom stereocenters. The lowest BCUT2D eigenvalue weighted by molar-refractivity contribution is 0.0114. The molecule has 1 saturated heterocycles. The molecule has 2 N–H and O–H groups in total. The quantitative estimate of drug-likeness (QED) is 0.452. The fourth-order valence-electron chi connectivity index (χ4n) is 5.17. The number of likely N-dealkylation sites (tertiary alicyclic amines) is 1. The second kappa shape index (κ2) is 9.00. The van der Waals surface area contributed by atoms with E-state index in [9.17, 15) is 9.59 Å². The van der Waals surface area contributed by atoms with Gasteiger partial charge in [-0.1, -0.05) is 46.2 Å². The first-order valence-corrected chi connectivity index (χ1v) is 16.4. The van der Waals surface area contributed by atoms with E-state index in [0.717, 1.165) is 17.0 Å². The van der Waals surface area contributed by atoms with Crippen LogP contribution in [0.4, 0.5) is 10.5 Å². The lowest BCUT2D eigenvalue weighted by atomic mass is 9.88. The van der Waals surface area contributed by atoms with Crippen molar-refractivity contribution >= 4 is 43.2 Å². The molecule has 208 valence electrons. The first-order valence-electron chi connectivity index (χ1n) is 13.1. The largest absolute Gasteiger partial charge is 0.410 e. The fourth-order valence-corrected chi connectivity index (χ4v) is 6.76. The first kappa shape index (κ1) is 27.5. The van der Waals surface area contributed by atoms with Crippen LogP contribution in [0.3, 0.4) is 0 Å². The number of aryl methyl sites for hydroxylation is 1. The Hall–Kier alpha value is -3.02. The monoisotopic (exact) mass is 569 g/mol. The zero-order valence-electron chi connectivity index (χ0n) is 23.8. The number of nitrogens with two attached hydrogens (primary N) is 1. The van der Waals surface area contributed by atoms with Crippen molar-refractivity contribution in [1.29, 1.82) is 0 Å². The number of hydrogen-bond acceptors (Lipinski definition) is 6. The summed E-state index contributed by atoms with van der Waals surface area (Å²) in [5.41, 5.74) is 9.84. The van der Waals surface area contributed by atoms with Gasteiger partial charge in [0.2, 0.25) is 0 Å². The maximum absolute atomic E-state index is 13.2. The van der Waals surface area contributed by atoms with E-state index in [1.807, 2.05) is 6.92 Å². The minimum Gasteiger partial charge on any atom is -0.410 e. The minimum absolute atomic E-state index is 0.0382. The van der Waals surface area contributed by atoms with Gasteiger partial charge >= 0.3 is 6.03 Å². The lowest BCUT2D eigenvalue weighted by Crippen LogP contribution is -2.59. The molecule has 3 amide bonds. The Morgan fingerprint density at radius 3 is 2.46 bits per heavy atom. The van der Waals surface area contributed by atoms with Gasteiger partial charge in [-0.05, 0) is 31.1 Å². The van der Waals surface area contributed by atoms with Gasteiger partial charge in [0.25, 0.3) is 5.91 Å². The second-order valence-corrected chi connectivity index (χ2v) is 17.9. The van der Waals surface area contributed by atoms with E-state index in [-0.39, 0.29) is 33.2 Å². The SMILES string of the molecule is Cc1nc2c3c(cnn2c1-c1cnc(C(=O)N2CC(O[Si](C)(C)C(C)(C)C)C2)c(Cl)c1)N(C(N)=O)CC3(C)C. The number of aromatic nitrogens is 4. The van der Waals surface area contributed by atoms with E-state index in [1.165, 1.54) is 4.90 Å². The molecule has 5 heterocycles. The Labute approximate surface area is 234 Å². The van der Waals surface area contributed by atoms with Gasteiger partial charge in [0, 0.05) is 42.4 Å². The Bertz CT molecular complexity index is 1510. The maximum Gasteiger partial charge on any atom is 0.319 e. The summed E-state index contributed by atoms with van der Waals surface area (Å²) in [6.07, 6.45) is 3.32. The normalized spacial score (nSPS) is 17.5. The molecule has 0 bridgehead atoms. The van der Waals surface area contributed by atoms with Crippen LogP contribution in [0, 0.1) is 6.92 Å². The van der Waals surface area contributed by atoms with Crippen molar-refractivity contribution in [2.45, 2.75) is 71.2 Å². The number of hydrogen-bond donors (Lipinski definition) is 1. The molecule has 0 radical (unpaired) electrons. The van der Waals surface area contributed by atoms with Crippen LogP contribution in [0.1, 0.15) is 56.4 Å². The van der Waals surface area contributed by atoms with Crippen molar-refractivity contribution in [2.75, 3.05) is 24.5 Å². The maximum atomic E-state index is 13.2. The zero-order valence-corrected chi connectivity index (χ0v) is 25.5. The average Bonchev–Trinajstić information content (AvgIpc) is 3.27. The van der Waals surface area contributed by atoms with Crippen molar-refractivity contribution < 1.29 is 14.0 Å². The van der Waals surface area contributed by atoms with Gasteiger partial charge in [-0.15, -0.1) is 0 Å². The molecular formula is C27H36ClN7O3Si. The van der Waals surface area contributed by atoms with Crippen molar-refractivity contribution in [1.82, 2.24) is 24.5 Å². The number of carbonyl (C=O) groups is 2. The van der Waals surface area contributed by atoms with Crippen LogP contribution >= 0.6 is 11.6 Å². The fraction of sp³-hybridized carbons (Fsp3) is 0.519. The smallest absolute Gasteiger partial charge is 0.319 e. The molecule has 39 heavy (non-hydrogen) atoms. The van der Waals surface area contributed by atoms with Gasteiger partial charge in [-0.3, -0.25) is 9.69 Å². The van der Waals surface area contributed by atoms with Crippen molar-refractivity contribution in [2.24, 2.45) is 5.73 Å². The molecular weight excluding hydrogens is 534 g/mol. The number of nitrogens with zero attached hydrogens (tertiary/aromatic N) is 6. The van der Waals surface area contributed by atoms with Crippen LogP contribution in [0.25, 0.3) is 16.9 Å². The second-order valence-electron chi connectivity index (χ2n) is 12.8. The molecule has 0 atom stereocenters. The molecule has 3 aromatic heterocycles. The van der Waals surface area contributed by atoms with E-state index in [0.29, 0.717) is 36.5 Å². The highest BCUT2D eigenvalue weighted by Crippen LogP contribution is 2.43. The van der Waals surface area contributed by atoms with E-state index in [1.54, 1.807) is 27.9 Å². The number of anilines is 1. The third-order valence-electron chi connectivity index (χ3n) is 8.31. The van der Waals surface area contributed by atoms with Crippen LogP contribution in [-0.2, 0) is 9.84 Å². The summed E-state index contributed by atoms with van der Waals surface area (Å²) in [7, 11) is -1.90. The van der Waals surface area contributed by atoms with Crippen LogP contribution in [0.2, 0.25) is 23.2 Å². The number of fused-ring (bicyclic) bond motifs is 3. The molecule has 3 aromatic rings. The first-order chi connectivity index (χ1) is 18.0. The summed E-state index contributed by atoms with van der Waals surface area (Å²) in [4.78, 5) is 37.7. The number of rotatable bonds is 4. The summed E-state index contributed by atoms with van der Waals surface area (Å²) in [6.45, 7) is 18.6. The number of amides is 3. The van der Waals surface area contributed by atoms with Gasteiger partial charge in [0.05, 0.1) is 34.4 Å². The van der Waals surface area contributed by atoms with E-state index in [2.05, 4.69) is 57.8 Å². The van der Waals surface area contributed by atoms with Crippen LogP contribution in [0.5, 0.6) is 0 Å². The molecule has 2 aliphatic rings. The van der Waals surface area contributed by atoms with Gasteiger partial charge < -0.3 is 15.1 Å². The Morgan fingerprint density at radius 2 is 1.87 bits per heavy atom. The van der Waals surface area contributed by atoms with Gasteiger partial charge in [0.15, 0.2) is 14.0 Å². The van der Waals surface area contributed by atoms with Crippen LogP contribution in [0.15, 0.2) is 18.5 Å². The van der Waals surface area contributed by atoms with Gasteiger partial charge in [-0.25, -0.2) is 19.3 Å². The molecule has 0 aromatic carbocycles. The third kappa shape index (κ3) is 4.50. The highest BCUT2D eigenvalue weighted by atomic mass is 35.5. The summed E-state index contributed by atoms with van der Waals surface area (Å²) >= 11 is 6.62. The Kier molecular flexibility index (Phi) is 6.36. The van der Waals surface area contributed by atoms with Crippen molar-refractivity contribution in [3.63, 3.8) is 0 Å². The van der Waals surface area contributed by atoms with Crippen LogP contribution < -0.4 is 10.6 Å². The topological polar surface area (TPSA) is 119 Å². The minimum atomic E-state index is -1.90. The van der Waals surface area contributed by atoms with Gasteiger partial charge in [-0.2, -0.15) is 5.10 Å². The molecule has 10 nitrogen and oxygen atoms in total. The average molecular weight is 570 g/mol. The number of pyridine rings is 1. The summed E-state index contributed by atoms with van der Waals surface area (Å²) in [5, 5.41) is 4.97. The molecule has 0 spiro atoms. The molecule has 2 aliphatic heterocycles. The van der Waals surface area contributed by atoms with Crippen LogP contribution in [-0.4, -0.2) is 70.5 Å². The van der Waals surface area contributed by atoms with Crippen molar-refractivity contribution in [3.8, 4) is 11.3 Å². The number of urea groups is 1. The van der Waals surface area contributed by atoms with Crippen molar-refractivity contribution in [3.05, 3.63) is 40.4 Å². The lowest BCUT2D eigenvalue weighted by Gasteiger charge is -2.46. The number of halogens is 1. The van der Waals surface area contributed by atoms with E-state index in [4.69, 9.17) is 26.7 Å².